The van der Waals surface area contributed by atoms with Crippen molar-refractivity contribution in [2.45, 2.75) is 45.5 Å². The molecule has 0 N–H and O–H groups in total. The largest absolute Gasteiger partial charge is 0.444 e. The van der Waals surface area contributed by atoms with E-state index < -0.39 is 5.60 Å². The lowest BCUT2D eigenvalue weighted by molar-refractivity contribution is 0.0282. The average molecular weight is 464 g/mol. The second kappa shape index (κ2) is 9.49. The van der Waals surface area contributed by atoms with Crippen molar-refractivity contribution in [3.8, 4) is 0 Å². The van der Waals surface area contributed by atoms with E-state index in [-0.39, 0.29) is 12.2 Å². The summed E-state index contributed by atoms with van der Waals surface area (Å²) in [6.07, 6.45) is 1.18. The number of carbonyl (C=O) groups excluding carboxylic acids is 1. The Morgan fingerprint density at radius 2 is 1.47 bits per heavy atom. The van der Waals surface area contributed by atoms with E-state index in [9.17, 15) is 4.79 Å². The second-order valence-electron chi connectivity index (χ2n) is 11.0. The Balaban J connectivity index is 1.10. The average Bonchev–Trinajstić information content (AvgIpc) is 3.52. The zero-order valence-electron chi connectivity index (χ0n) is 20.7. The van der Waals surface area contributed by atoms with Crippen LogP contribution in [0.15, 0.2) is 54.6 Å². The fraction of sp³-hybridized carbons (Fsp3) is 0.536. The Labute approximate surface area is 203 Å². The van der Waals surface area contributed by atoms with Crippen LogP contribution in [-0.4, -0.2) is 62.0 Å². The first kappa shape index (κ1) is 23.0. The maximum atomic E-state index is 12.4. The molecule has 0 radical (unpaired) electrons. The molecule has 3 aliphatic rings. The summed E-state index contributed by atoms with van der Waals surface area (Å²) in [5, 5.41) is 0. The van der Waals surface area contributed by atoms with Crippen LogP contribution in [-0.2, 0) is 16.1 Å². The minimum absolute atomic E-state index is 0.172. The van der Waals surface area contributed by atoms with E-state index >= 15 is 0 Å². The first-order valence-corrected chi connectivity index (χ1v) is 12.6. The van der Waals surface area contributed by atoms with E-state index in [1.807, 2.05) is 31.7 Å². The number of carbonyl (C=O) groups is 1. The summed E-state index contributed by atoms with van der Waals surface area (Å²) >= 11 is 0. The first-order valence-electron chi connectivity index (χ1n) is 12.6. The predicted octanol–water partition coefficient (Wildman–Crippen LogP) is 4.79. The summed E-state index contributed by atoms with van der Waals surface area (Å²) in [6, 6.07) is 19.4. The van der Waals surface area contributed by atoms with E-state index in [2.05, 4.69) is 58.3 Å². The van der Waals surface area contributed by atoms with Crippen LogP contribution in [0.1, 0.15) is 32.8 Å². The van der Waals surface area contributed by atoms with Gasteiger partial charge in [-0.05, 0) is 57.0 Å². The van der Waals surface area contributed by atoms with Crippen molar-refractivity contribution in [2.75, 3.05) is 49.1 Å². The predicted molar refractivity (Wildman–Crippen MR) is 135 cm³/mol. The second-order valence-corrected chi connectivity index (χ2v) is 11.0. The van der Waals surface area contributed by atoms with E-state index in [0.717, 1.165) is 45.7 Å². The number of ether oxygens (including phenoxy) is 2. The van der Waals surface area contributed by atoms with Crippen LogP contribution >= 0.6 is 0 Å². The number of nitrogens with zero attached hydrogens (tertiary/aromatic N) is 3. The molecule has 0 aliphatic carbocycles. The molecule has 0 bridgehead atoms. The molecule has 3 saturated heterocycles. The van der Waals surface area contributed by atoms with Gasteiger partial charge in [0.15, 0.2) is 0 Å². The molecular formula is C28H37N3O3. The quantitative estimate of drug-likeness (QED) is 0.638. The smallest absolute Gasteiger partial charge is 0.410 e. The number of anilines is 2. The third-order valence-electron chi connectivity index (χ3n) is 7.19. The van der Waals surface area contributed by atoms with Gasteiger partial charge < -0.3 is 24.2 Å². The Hall–Kier alpha value is -2.73. The van der Waals surface area contributed by atoms with Crippen LogP contribution in [0.2, 0.25) is 0 Å². The molecule has 0 spiro atoms. The monoisotopic (exact) mass is 463 g/mol. The number of rotatable bonds is 5. The molecule has 2 aromatic rings. The molecule has 182 valence electrons. The summed E-state index contributed by atoms with van der Waals surface area (Å²) in [7, 11) is 0. The van der Waals surface area contributed by atoms with Crippen molar-refractivity contribution in [3.63, 3.8) is 0 Å². The minimum Gasteiger partial charge on any atom is -0.444 e. The summed E-state index contributed by atoms with van der Waals surface area (Å²) < 4.78 is 11.7. The summed E-state index contributed by atoms with van der Waals surface area (Å²) in [4.78, 5) is 19.2. The number of benzene rings is 2. The van der Waals surface area contributed by atoms with Gasteiger partial charge in [0.25, 0.3) is 0 Å². The number of hydrogen-bond acceptors (Lipinski definition) is 5. The molecule has 3 atom stereocenters. The normalized spacial score (nSPS) is 24.6. The van der Waals surface area contributed by atoms with Crippen molar-refractivity contribution in [1.29, 1.82) is 0 Å². The van der Waals surface area contributed by atoms with Crippen molar-refractivity contribution in [3.05, 3.63) is 60.2 Å². The topological polar surface area (TPSA) is 45.2 Å². The van der Waals surface area contributed by atoms with Crippen LogP contribution in [0.3, 0.4) is 0 Å². The van der Waals surface area contributed by atoms with Gasteiger partial charge in [-0.2, -0.15) is 0 Å². The van der Waals surface area contributed by atoms with Crippen molar-refractivity contribution >= 4 is 17.5 Å². The number of fused-ring (bicyclic) bond motifs is 1. The number of amides is 1. The van der Waals surface area contributed by atoms with Gasteiger partial charge in [0.1, 0.15) is 5.60 Å². The molecule has 3 heterocycles. The molecule has 0 saturated carbocycles. The lowest BCUT2D eigenvalue weighted by atomic mass is 10.0. The van der Waals surface area contributed by atoms with Gasteiger partial charge in [-0.25, -0.2) is 4.79 Å². The molecule has 5 rings (SSSR count). The van der Waals surface area contributed by atoms with Gasteiger partial charge in [0.2, 0.25) is 0 Å². The molecule has 3 fully saturated rings. The molecule has 3 aliphatic heterocycles. The third-order valence-corrected chi connectivity index (χ3v) is 7.19. The first-order chi connectivity index (χ1) is 16.3. The maximum Gasteiger partial charge on any atom is 0.410 e. The number of hydrogen-bond donors (Lipinski definition) is 0. The van der Waals surface area contributed by atoms with Gasteiger partial charge >= 0.3 is 6.09 Å². The summed E-state index contributed by atoms with van der Waals surface area (Å²) in [5.41, 5.74) is 3.34. The van der Waals surface area contributed by atoms with E-state index in [1.165, 1.54) is 16.9 Å². The molecule has 1 amide bonds. The van der Waals surface area contributed by atoms with Gasteiger partial charge in [-0.1, -0.05) is 30.3 Å². The van der Waals surface area contributed by atoms with Crippen LogP contribution < -0.4 is 9.80 Å². The third kappa shape index (κ3) is 5.33. The lowest BCUT2D eigenvalue weighted by Crippen LogP contribution is -2.37. The maximum absolute atomic E-state index is 12.4. The lowest BCUT2D eigenvalue weighted by Gasteiger charge is -2.27. The highest BCUT2D eigenvalue weighted by atomic mass is 16.6. The van der Waals surface area contributed by atoms with Crippen molar-refractivity contribution in [2.24, 2.45) is 11.8 Å². The highest BCUT2D eigenvalue weighted by Crippen LogP contribution is 2.35. The molecule has 0 aromatic heterocycles. The fourth-order valence-electron chi connectivity index (χ4n) is 5.44. The molecule has 2 aromatic carbocycles. The Bertz CT molecular complexity index is 959. The zero-order chi connectivity index (χ0) is 23.7. The molecule has 6 heteroatoms. The molecule has 6 nitrogen and oxygen atoms in total. The summed E-state index contributed by atoms with van der Waals surface area (Å²) in [5.74, 6) is 1.04. The number of likely N-dealkylation sites (tertiary alicyclic amines) is 1. The standard InChI is InChI=1S/C28H37N3O3/c1-28(2,3)34-27(32)31-17-22-15-30(16-23(22)18-31)25-11-9-24(10-12-25)29-14-13-26(19-29)33-20-21-7-5-4-6-8-21/h4-12,22-23,26H,13-20H2,1-3H3. The Kier molecular flexibility index (Phi) is 6.43. The SMILES string of the molecule is CC(C)(C)OC(=O)N1CC2CN(c3ccc(N4CCC(OCc5ccccc5)C4)cc3)CC2C1. The van der Waals surface area contributed by atoms with Crippen LogP contribution in [0, 0.1) is 11.8 Å². The molecule has 34 heavy (non-hydrogen) atoms. The van der Waals surface area contributed by atoms with E-state index in [4.69, 9.17) is 9.47 Å². The summed E-state index contributed by atoms with van der Waals surface area (Å²) in [6.45, 7) is 12.0. The van der Waals surface area contributed by atoms with Gasteiger partial charge in [-0.15, -0.1) is 0 Å². The Morgan fingerprint density at radius 3 is 2.09 bits per heavy atom. The van der Waals surface area contributed by atoms with Gasteiger partial charge in [-0.3, -0.25) is 0 Å². The van der Waals surface area contributed by atoms with Crippen molar-refractivity contribution in [1.82, 2.24) is 4.90 Å². The van der Waals surface area contributed by atoms with Crippen LogP contribution in [0.5, 0.6) is 0 Å². The molecular weight excluding hydrogens is 426 g/mol. The van der Waals surface area contributed by atoms with Crippen LogP contribution in [0.25, 0.3) is 0 Å². The Morgan fingerprint density at radius 1 is 0.853 bits per heavy atom. The zero-order valence-corrected chi connectivity index (χ0v) is 20.7. The van der Waals surface area contributed by atoms with Gasteiger partial charge in [0.05, 0.1) is 12.7 Å². The minimum atomic E-state index is -0.439. The highest BCUT2D eigenvalue weighted by molar-refractivity contribution is 5.69. The molecule has 3 unspecified atom stereocenters. The van der Waals surface area contributed by atoms with Crippen molar-refractivity contribution < 1.29 is 14.3 Å². The van der Waals surface area contributed by atoms with E-state index in [0.29, 0.717) is 18.4 Å². The van der Waals surface area contributed by atoms with E-state index in [1.54, 1.807) is 0 Å². The fourth-order valence-corrected chi connectivity index (χ4v) is 5.44. The highest BCUT2D eigenvalue weighted by Gasteiger charge is 2.42. The van der Waals surface area contributed by atoms with Crippen LogP contribution in [0.4, 0.5) is 16.2 Å². The van der Waals surface area contributed by atoms with Gasteiger partial charge in [0, 0.05) is 62.5 Å².